The summed E-state index contributed by atoms with van der Waals surface area (Å²) in [5.74, 6) is -0.406. The maximum Gasteiger partial charge on any atom is 0.248 e. The number of aromatic nitrogens is 2. The van der Waals surface area contributed by atoms with Crippen molar-refractivity contribution in [3.8, 4) is 5.69 Å². The summed E-state index contributed by atoms with van der Waals surface area (Å²) >= 11 is 1.35. The summed E-state index contributed by atoms with van der Waals surface area (Å²) in [6, 6.07) is 17.8. The van der Waals surface area contributed by atoms with Gasteiger partial charge in [0, 0.05) is 5.69 Å². The Morgan fingerprint density at radius 3 is 2.27 bits per heavy atom. The number of nitrogens with one attached hydrogen (secondary N) is 1. The fourth-order valence-electron chi connectivity index (χ4n) is 3.07. The zero-order valence-corrected chi connectivity index (χ0v) is 15.4. The van der Waals surface area contributed by atoms with Crippen LogP contribution in [0.3, 0.4) is 0 Å². The number of nitrogens with zero attached hydrogens (tertiary/aromatic N) is 2. The number of sulfonamides is 1. The van der Waals surface area contributed by atoms with Gasteiger partial charge in [0.1, 0.15) is 5.69 Å². The molecule has 4 rings (SSSR count). The van der Waals surface area contributed by atoms with Gasteiger partial charge in [0.05, 0.1) is 0 Å². The predicted molar refractivity (Wildman–Crippen MR) is 101 cm³/mol. The van der Waals surface area contributed by atoms with Crippen molar-refractivity contribution in [3.63, 3.8) is 0 Å². The Morgan fingerprint density at radius 2 is 1.65 bits per heavy atom. The number of ketones is 1. The molecule has 2 heterocycles. The Hall–Kier alpha value is -2.58. The Balaban J connectivity index is 1.96. The molecule has 0 aliphatic carbocycles. The lowest BCUT2D eigenvalue weighted by atomic mass is 10.1. The Kier molecular flexibility index (Phi) is 4.08. The average Bonchev–Trinajstić information content (AvgIpc) is 3.00. The van der Waals surface area contributed by atoms with E-state index in [4.69, 9.17) is 0 Å². The highest BCUT2D eigenvalue weighted by atomic mass is 32.2. The number of hydrogen-bond acceptors (Lipinski definition) is 5. The molecule has 0 saturated carbocycles. The van der Waals surface area contributed by atoms with Gasteiger partial charge in [0.25, 0.3) is 0 Å². The molecule has 0 amide bonds. The van der Waals surface area contributed by atoms with Gasteiger partial charge in [-0.2, -0.15) is 0 Å². The van der Waals surface area contributed by atoms with Crippen LogP contribution in [0.2, 0.25) is 0 Å². The number of anilines is 1. The molecular formula is C18H15N3O3S2. The Bertz CT molecular complexity index is 1080. The third-order valence-electron chi connectivity index (χ3n) is 4.17. The van der Waals surface area contributed by atoms with Gasteiger partial charge in [-0.15, -0.1) is 0 Å². The van der Waals surface area contributed by atoms with Gasteiger partial charge >= 0.3 is 0 Å². The van der Waals surface area contributed by atoms with Crippen molar-refractivity contribution >= 4 is 33.4 Å². The number of para-hydroxylation sites is 1. The molecule has 0 bridgehead atoms. The minimum atomic E-state index is -3.92. The molecule has 26 heavy (non-hydrogen) atoms. The van der Waals surface area contributed by atoms with E-state index >= 15 is 0 Å². The maximum absolute atomic E-state index is 13.3. The molecule has 1 aromatic heterocycles. The summed E-state index contributed by atoms with van der Waals surface area (Å²) in [5.41, 5.74) is 1.44. The average molecular weight is 385 g/mol. The molecule has 0 fully saturated rings. The highest BCUT2D eigenvalue weighted by Gasteiger charge is 2.44. The number of fused-ring (bicyclic) bond motifs is 1. The second kappa shape index (κ2) is 6.30. The van der Waals surface area contributed by atoms with Crippen molar-refractivity contribution in [2.45, 2.75) is 10.4 Å². The molecule has 1 unspecified atom stereocenters. The molecule has 1 atom stereocenters. The summed E-state index contributed by atoms with van der Waals surface area (Å²) in [4.78, 5) is 17.6. The van der Waals surface area contributed by atoms with Gasteiger partial charge in [-0.3, -0.25) is 14.1 Å². The zero-order valence-electron chi connectivity index (χ0n) is 13.8. The number of benzene rings is 2. The van der Waals surface area contributed by atoms with E-state index in [2.05, 4.69) is 9.71 Å². The topological polar surface area (TPSA) is 81.1 Å². The number of Topliss-reactive ketones (excluding diaryl/α,β-unsaturated/α-hetero) is 1. The first-order chi connectivity index (χ1) is 12.5. The second-order valence-corrected chi connectivity index (χ2v) is 8.31. The number of rotatable bonds is 3. The van der Waals surface area contributed by atoms with Crippen molar-refractivity contribution in [3.05, 3.63) is 71.9 Å². The normalized spacial score (nSPS) is 18.2. The lowest BCUT2D eigenvalue weighted by molar-refractivity contribution is 0.0979. The highest BCUT2D eigenvalue weighted by molar-refractivity contribution is 7.98. The van der Waals surface area contributed by atoms with Gasteiger partial charge in [-0.05, 0) is 24.0 Å². The molecule has 0 saturated heterocycles. The predicted octanol–water partition coefficient (Wildman–Crippen LogP) is 3.27. The first-order valence-corrected chi connectivity index (χ1v) is 10.6. The molecule has 1 N–H and O–H groups in total. The zero-order chi connectivity index (χ0) is 18.3. The number of carbonyl (C=O) groups excluding carboxylic acids is 1. The fraction of sp³-hybridized carbons (Fsp3) is 0.111. The smallest absolute Gasteiger partial charge is 0.248 e. The molecule has 3 aromatic rings. The van der Waals surface area contributed by atoms with Gasteiger partial charge in [0.15, 0.2) is 16.2 Å². The number of thioether (sulfide) groups is 1. The third-order valence-corrected chi connectivity index (χ3v) is 6.39. The SMILES string of the molecule is CSc1nc2c(n1-c1ccccc1)C(=O)C(c1ccccc1)S(=O)(=O)N2. The van der Waals surface area contributed by atoms with Crippen molar-refractivity contribution in [1.29, 1.82) is 0 Å². The lowest BCUT2D eigenvalue weighted by Gasteiger charge is -2.23. The first kappa shape index (κ1) is 16.9. The van der Waals surface area contributed by atoms with E-state index < -0.39 is 21.1 Å². The lowest BCUT2D eigenvalue weighted by Crippen LogP contribution is -2.34. The number of carbonyl (C=O) groups is 1. The quantitative estimate of drug-likeness (QED) is 0.700. The number of hydrogen-bond donors (Lipinski definition) is 1. The summed E-state index contributed by atoms with van der Waals surface area (Å²) in [7, 11) is -3.92. The molecule has 0 radical (unpaired) electrons. The standard InChI is InChI=1S/C18H15N3O3S2/c1-25-18-19-17-14(21(18)13-10-6-3-7-11-13)15(22)16(26(23,24)20-17)12-8-4-2-5-9-12/h2-11,16,20H,1H3. The van der Waals surface area contributed by atoms with Crippen LogP contribution in [0, 0.1) is 0 Å². The van der Waals surface area contributed by atoms with Crippen molar-refractivity contribution in [2.75, 3.05) is 11.0 Å². The maximum atomic E-state index is 13.3. The van der Waals surface area contributed by atoms with E-state index in [0.717, 1.165) is 5.69 Å². The molecule has 132 valence electrons. The molecule has 6 nitrogen and oxygen atoms in total. The van der Waals surface area contributed by atoms with Crippen LogP contribution < -0.4 is 4.72 Å². The van der Waals surface area contributed by atoms with Gasteiger partial charge in [-0.25, -0.2) is 13.4 Å². The van der Waals surface area contributed by atoms with Crippen LogP contribution >= 0.6 is 11.8 Å². The van der Waals surface area contributed by atoms with Gasteiger partial charge in [0.2, 0.25) is 15.8 Å². The summed E-state index contributed by atoms with van der Waals surface area (Å²) < 4.78 is 29.6. The van der Waals surface area contributed by atoms with Crippen LogP contribution in [0.4, 0.5) is 5.82 Å². The molecule has 1 aliphatic rings. The first-order valence-electron chi connectivity index (χ1n) is 7.86. The summed E-state index contributed by atoms with van der Waals surface area (Å²) in [6.07, 6.45) is 1.83. The second-order valence-electron chi connectivity index (χ2n) is 5.77. The van der Waals surface area contributed by atoms with Gasteiger partial charge < -0.3 is 0 Å². The highest BCUT2D eigenvalue weighted by Crippen LogP contribution is 2.38. The van der Waals surface area contributed by atoms with Crippen LogP contribution in [0.1, 0.15) is 21.3 Å². The minimum Gasteiger partial charge on any atom is -0.290 e. The molecule has 2 aromatic carbocycles. The molecule has 1 aliphatic heterocycles. The monoisotopic (exact) mass is 385 g/mol. The van der Waals surface area contributed by atoms with Gasteiger partial charge in [-0.1, -0.05) is 60.3 Å². The fourth-order valence-corrected chi connectivity index (χ4v) is 5.07. The van der Waals surface area contributed by atoms with Crippen LogP contribution in [0.25, 0.3) is 5.69 Å². The molecule has 0 spiro atoms. The molecule has 8 heteroatoms. The van der Waals surface area contributed by atoms with Crippen LogP contribution in [-0.4, -0.2) is 30.0 Å². The van der Waals surface area contributed by atoms with E-state index in [1.807, 2.05) is 36.6 Å². The van der Waals surface area contributed by atoms with E-state index in [9.17, 15) is 13.2 Å². The Morgan fingerprint density at radius 1 is 1.04 bits per heavy atom. The van der Waals surface area contributed by atoms with E-state index in [1.54, 1.807) is 34.9 Å². The van der Waals surface area contributed by atoms with E-state index in [1.165, 1.54) is 11.8 Å². The molecular weight excluding hydrogens is 370 g/mol. The van der Waals surface area contributed by atoms with Crippen LogP contribution in [0.5, 0.6) is 0 Å². The van der Waals surface area contributed by atoms with E-state index in [-0.39, 0.29) is 11.5 Å². The Labute approximate surface area is 155 Å². The largest absolute Gasteiger partial charge is 0.290 e. The minimum absolute atomic E-state index is 0.0791. The summed E-state index contributed by atoms with van der Waals surface area (Å²) in [5, 5.41) is -0.754. The number of imidazole rings is 1. The van der Waals surface area contributed by atoms with Crippen LogP contribution in [-0.2, 0) is 10.0 Å². The third kappa shape index (κ3) is 2.62. The summed E-state index contributed by atoms with van der Waals surface area (Å²) in [6.45, 7) is 0. The van der Waals surface area contributed by atoms with Crippen molar-refractivity contribution in [2.24, 2.45) is 0 Å². The van der Waals surface area contributed by atoms with Crippen molar-refractivity contribution in [1.82, 2.24) is 9.55 Å². The van der Waals surface area contributed by atoms with Crippen molar-refractivity contribution < 1.29 is 13.2 Å². The van der Waals surface area contributed by atoms with Crippen LogP contribution in [0.15, 0.2) is 65.8 Å². The van der Waals surface area contributed by atoms with E-state index in [0.29, 0.717) is 10.7 Å².